The largest absolute Gasteiger partial charge is 0.311 e. The third-order valence-electron chi connectivity index (χ3n) is 4.64. The van der Waals surface area contributed by atoms with E-state index in [1.807, 2.05) is 19.1 Å². The second-order valence-corrected chi connectivity index (χ2v) is 6.27. The van der Waals surface area contributed by atoms with E-state index in [2.05, 4.69) is 21.2 Å². The number of fused-ring (bicyclic) bond motifs is 1. The third kappa shape index (κ3) is 3.27. The van der Waals surface area contributed by atoms with Crippen molar-refractivity contribution in [1.29, 1.82) is 0 Å². The molecule has 1 aliphatic heterocycles. The SMILES string of the molecule is Cc1ccnc(NC(=O)CC2NNC(=O)C3CCCCC23)c1. The zero-order valence-corrected chi connectivity index (χ0v) is 12.8. The van der Waals surface area contributed by atoms with Crippen LogP contribution in [-0.4, -0.2) is 22.8 Å². The molecule has 6 heteroatoms. The number of hydrogen-bond donors (Lipinski definition) is 3. The highest BCUT2D eigenvalue weighted by molar-refractivity contribution is 5.90. The second-order valence-electron chi connectivity index (χ2n) is 6.27. The first-order chi connectivity index (χ1) is 10.6. The molecule has 0 spiro atoms. The van der Waals surface area contributed by atoms with Gasteiger partial charge in [-0.2, -0.15) is 0 Å². The van der Waals surface area contributed by atoms with Crippen molar-refractivity contribution in [2.45, 2.75) is 45.1 Å². The van der Waals surface area contributed by atoms with E-state index < -0.39 is 0 Å². The molecule has 118 valence electrons. The van der Waals surface area contributed by atoms with Crippen LogP contribution in [0.4, 0.5) is 5.82 Å². The summed E-state index contributed by atoms with van der Waals surface area (Å²) in [5.41, 5.74) is 6.80. The predicted molar refractivity (Wildman–Crippen MR) is 82.7 cm³/mol. The molecular formula is C16H22N4O2. The van der Waals surface area contributed by atoms with Crippen molar-refractivity contribution in [2.75, 3.05) is 5.32 Å². The normalized spacial score (nSPS) is 27.7. The molecule has 2 heterocycles. The summed E-state index contributed by atoms with van der Waals surface area (Å²) in [7, 11) is 0. The van der Waals surface area contributed by atoms with Crippen molar-refractivity contribution < 1.29 is 9.59 Å². The first-order valence-electron chi connectivity index (χ1n) is 7.91. The van der Waals surface area contributed by atoms with Crippen LogP contribution in [0.25, 0.3) is 0 Å². The molecule has 0 bridgehead atoms. The lowest BCUT2D eigenvalue weighted by Crippen LogP contribution is -2.60. The number of aromatic nitrogens is 1. The molecule has 1 aliphatic carbocycles. The zero-order chi connectivity index (χ0) is 15.5. The van der Waals surface area contributed by atoms with Gasteiger partial charge in [0.05, 0.1) is 0 Å². The molecule has 6 nitrogen and oxygen atoms in total. The van der Waals surface area contributed by atoms with Crippen LogP contribution < -0.4 is 16.2 Å². The number of carbonyl (C=O) groups is 2. The van der Waals surface area contributed by atoms with E-state index in [4.69, 9.17) is 0 Å². The number of nitrogens with one attached hydrogen (secondary N) is 3. The molecule has 1 aromatic heterocycles. The summed E-state index contributed by atoms with van der Waals surface area (Å²) in [6.07, 6.45) is 6.19. The van der Waals surface area contributed by atoms with Crippen molar-refractivity contribution in [2.24, 2.45) is 11.8 Å². The summed E-state index contributed by atoms with van der Waals surface area (Å²) in [4.78, 5) is 28.3. The Labute approximate surface area is 130 Å². The lowest BCUT2D eigenvalue weighted by atomic mass is 9.73. The van der Waals surface area contributed by atoms with Gasteiger partial charge in [0.2, 0.25) is 11.8 Å². The number of nitrogens with zero attached hydrogens (tertiary/aromatic N) is 1. The molecule has 3 N–H and O–H groups in total. The zero-order valence-electron chi connectivity index (χ0n) is 12.8. The van der Waals surface area contributed by atoms with Crippen molar-refractivity contribution in [3.05, 3.63) is 23.9 Å². The molecular weight excluding hydrogens is 280 g/mol. The minimum atomic E-state index is -0.0731. The minimum absolute atomic E-state index is 0.00666. The smallest absolute Gasteiger partial charge is 0.237 e. The Morgan fingerprint density at radius 3 is 3.05 bits per heavy atom. The molecule has 3 unspecified atom stereocenters. The van der Waals surface area contributed by atoms with Gasteiger partial charge in [0.15, 0.2) is 0 Å². The molecule has 3 atom stereocenters. The molecule has 2 fully saturated rings. The molecule has 3 rings (SSSR count). The highest BCUT2D eigenvalue weighted by Crippen LogP contribution is 2.35. The highest BCUT2D eigenvalue weighted by Gasteiger charge is 2.40. The van der Waals surface area contributed by atoms with E-state index in [1.165, 1.54) is 0 Å². The standard InChI is InChI=1S/C16H22N4O2/c1-10-6-7-17-14(8-10)18-15(21)9-13-11-4-2-3-5-12(11)16(22)20-19-13/h6-8,11-13,19H,2-5,9H2,1H3,(H,20,22)(H,17,18,21). The van der Waals surface area contributed by atoms with Gasteiger partial charge < -0.3 is 5.32 Å². The fraction of sp³-hybridized carbons (Fsp3) is 0.562. The van der Waals surface area contributed by atoms with Gasteiger partial charge in [-0.25, -0.2) is 10.4 Å². The lowest BCUT2D eigenvalue weighted by Gasteiger charge is -2.40. The summed E-state index contributed by atoms with van der Waals surface area (Å²) in [5.74, 6) is 0.867. The molecule has 1 saturated heterocycles. The number of carbonyl (C=O) groups excluding carboxylic acids is 2. The Balaban J connectivity index is 1.62. The van der Waals surface area contributed by atoms with Gasteiger partial charge in [-0.3, -0.25) is 15.0 Å². The Kier molecular flexibility index (Phi) is 4.38. The summed E-state index contributed by atoms with van der Waals surface area (Å²) < 4.78 is 0. The van der Waals surface area contributed by atoms with Crippen LogP contribution in [0.15, 0.2) is 18.3 Å². The second kappa shape index (κ2) is 6.44. The fourth-order valence-corrected chi connectivity index (χ4v) is 3.53. The quantitative estimate of drug-likeness (QED) is 0.790. The molecule has 1 saturated carbocycles. The van der Waals surface area contributed by atoms with Crippen LogP contribution in [0.2, 0.25) is 0 Å². The molecule has 0 radical (unpaired) electrons. The van der Waals surface area contributed by atoms with E-state index in [0.717, 1.165) is 31.2 Å². The van der Waals surface area contributed by atoms with Crippen LogP contribution in [0, 0.1) is 18.8 Å². The van der Waals surface area contributed by atoms with Crippen LogP contribution in [0.5, 0.6) is 0 Å². The Bertz CT molecular complexity index is 575. The van der Waals surface area contributed by atoms with Crippen LogP contribution >= 0.6 is 0 Å². The van der Waals surface area contributed by atoms with Gasteiger partial charge in [0.1, 0.15) is 5.82 Å². The van der Waals surface area contributed by atoms with Crippen LogP contribution in [-0.2, 0) is 9.59 Å². The fourth-order valence-electron chi connectivity index (χ4n) is 3.53. The maximum atomic E-state index is 12.2. The van der Waals surface area contributed by atoms with Gasteiger partial charge in [0, 0.05) is 24.6 Å². The van der Waals surface area contributed by atoms with E-state index in [1.54, 1.807) is 6.20 Å². The van der Waals surface area contributed by atoms with Crippen molar-refractivity contribution in [3.63, 3.8) is 0 Å². The molecule has 2 amide bonds. The van der Waals surface area contributed by atoms with E-state index in [9.17, 15) is 9.59 Å². The maximum absolute atomic E-state index is 12.2. The predicted octanol–water partition coefficient (Wildman–Crippen LogP) is 1.53. The first kappa shape index (κ1) is 15.0. The van der Waals surface area contributed by atoms with Crippen LogP contribution in [0.1, 0.15) is 37.7 Å². The van der Waals surface area contributed by atoms with Gasteiger partial charge in [-0.1, -0.05) is 12.8 Å². The molecule has 22 heavy (non-hydrogen) atoms. The summed E-state index contributed by atoms with van der Waals surface area (Å²) in [5, 5.41) is 2.83. The first-order valence-corrected chi connectivity index (χ1v) is 7.91. The summed E-state index contributed by atoms with van der Waals surface area (Å²) in [6.45, 7) is 1.96. The van der Waals surface area contributed by atoms with E-state index >= 15 is 0 Å². The number of amides is 2. The summed E-state index contributed by atoms with van der Waals surface area (Å²) >= 11 is 0. The topological polar surface area (TPSA) is 83.1 Å². The Hall–Kier alpha value is -1.95. The van der Waals surface area contributed by atoms with Crippen molar-refractivity contribution in [1.82, 2.24) is 15.8 Å². The molecule has 2 aliphatic rings. The monoisotopic (exact) mass is 302 g/mol. The molecule has 0 aromatic carbocycles. The van der Waals surface area contributed by atoms with Gasteiger partial charge in [0.25, 0.3) is 0 Å². The van der Waals surface area contributed by atoms with E-state index in [0.29, 0.717) is 12.2 Å². The van der Waals surface area contributed by atoms with Crippen molar-refractivity contribution in [3.8, 4) is 0 Å². The number of pyridine rings is 1. The minimum Gasteiger partial charge on any atom is -0.311 e. The average Bonchev–Trinajstić information content (AvgIpc) is 2.50. The number of hydrogen-bond acceptors (Lipinski definition) is 4. The highest BCUT2D eigenvalue weighted by atomic mass is 16.2. The van der Waals surface area contributed by atoms with Gasteiger partial charge in [-0.05, 0) is 43.4 Å². The number of aryl methyl sites for hydroxylation is 1. The maximum Gasteiger partial charge on any atom is 0.237 e. The van der Waals surface area contributed by atoms with Gasteiger partial charge in [-0.15, -0.1) is 0 Å². The number of anilines is 1. The third-order valence-corrected chi connectivity index (χ3v) is 4.64. The van der Waals surface area contributed by atoms with E-state index in [-0.39, 0.29) is 29.7 Å². The number of hydrazine groups is 1. The number of rotatable bonds is 3. The van der Waals surface area contributed by atoms with Crippen molar-refractivity contribution >= 4 is 17.6 Å². The Morgan fingerprint density at radius 2 is 2.23 bits per heavy atom. The van der Waals surface area contributed by atoms with Gasteiger partial charge >= 0.3 is 0 Å². The Morgan fingerprint density at radius 1 is 1.41 bits per heavy atom. The summed E-state index contributed by atoms with van der Waals surface area (Å²) in [6, 6.07) is 3.73. The average molecular weight is 302 g/mol. The van der Waals surface area contributed by atoms with Crippen LogP contribution in [0.3, 0.4) is 0 Å². The molecule has 1 aromatic rings. The lowest BCUT2D eigenvalue weighted by molar-refractivity contribution is -0.134.